The van der Waals surface area contributed by atoms with E-state index in [1.807, 2.05) is 17.0 Å². The molecule has 4 rings (SSSR count). The Morgan fingerprint density at radius 1 is 0.958 bits per heavy atom. The second-order valence-corrected chi connectivity index (χ2v) is 7.54. The first-order valence-corrected chi connectivity index (χ1v) is 9.47. The van der Waals surface area contributed by atoms with Crippen molar-refractivity contribution in [3.8, 4) is 0 Å². The molecule has 0 bridgehead atoms. The first-order chi connectivity index (χ1) is 11.7. The van der Waals surface area contributed by atoms with Crippen LogP contribution < -0.4 is 10.2 Å². The molecule has 1 N–H and O–H groups in total. The van der Waals surface area contributed by atoms with Crippen molar-refractivity contribution in [1.29, 1.82) is 0 Å². The van der Waals surface area contributed by atoms with E-state index >= 15 is 0 Å². The summed E-state index contributed by atoms with van der Waals surface area (Å²) in [4.78, 5) is 27.1. The van der Waals surface area contributed by atoms with Gasteiger partial charge in [0.05, 0.1) is 0 Å². The molecule has 0 atom stereocenters. The fourth-order valence-electron chi connectivity index (χ4n) is 4.51. The van der Waals surface area contributed by atoms with Crippen molar-refractivity contribution in [3.05, 3.63) is 23.8 Å². The summed E-state index contributed by atoms with van der Waals surface area (Å²) in [5.41, 5.74) is 3.06. The van der Waals surface area contributed by atoms with Crippen molar-refractivity contribution in [1.82, 2.24) is 0 Å². The summed E-state index contributed by atoms with van der Waals surface area (Å²) in [7, 11) is 0. The van der Waals surface area contributed by atoms with Gasteiger partial charge in [0.15, 0.2) is 0 Å². The highest BCUT2D eigenvalue weighted by molar-refractivity contribution is 5.99. The highest BCUT2D eigenvalue weighted by Gasteiger charge is 2.32. The Labute approximate surface area is 143 Å². The van der Waals surface area contributed by atoms with Crippen LogP contribution in [0.3, 0.4) is 0 Å². The molecular formula is C20H26N2O2. The summed E-state index contributed by atoms with van der Waals surface area (Å²) >= 11 is 0. The lowest BCUT2D eigenvalue weighted by atomic mass is 10.1. The van der Waals surface area contributed by atoms with E-state index < -0.39 is 0 Å². The predicted molar refractivity (Wildman–Crippen MR) is 95.0 cm³/mol. The molecular weight excluding hydrogens is 300 g/mol. The third-order valence-corrected chi connectivity index (χ3v) is 5.94. The van der Waals surface area contributed by atoms with Crippen LogP contribution in [0.5, 0.6) is 0 Å². The molecule has 4 nitrogen and oxygen atoms in total. The lowest BCUT2D eigenvalue weighted by molar-refractivity contribution is -0.122. The van der Waals surface area contributed by atoms with E-state index in [0.29, 0.717) is 0 Å². The van der Waals surface area contributed by atoms with Crippen molar-refractivity contribution < 1.29 is 9.59 Å². The zero-order chi connectivity index (χ0) is 16.5. The van der Waals surface area contributed by atoms with E-state index in [4.69, 9.17) is 0 Å². The summed E-state index contributed by atoms with van der Waals surface area (Å²) in [5.74, 6) is 0.784. The van der Waals surface area contributed by atoms with Crippen LogP contribution in [-0.2, 0) is 16.0 Å². The van der Waals surface area contributed by atoms with E-state index in [-0.39, 0.29) is 23.7 Å². The minimum absolute atomic E-state index is 0.138. The molecule has 0 aromatic heterocycles. The highest BCUT2D eigenvalue weighted by Crippen LogP contribution is 2.35. The zero-order valence-electron chi connectivity index (χ0n) is 14.2. The molecule has 2 aliphatic carbocycles. The number of fused-ring (bicyclic) bond motifs is 1. The number of rotatable bonds is 3. The molecule has 128 valence electrons. The maximum atomic E-state index is 12.8. The topological polar surface area (TPSA) is 49.4 Å². The van der Waals surface area contributed by atoms with Crippen LogP contribution in [0.1, 0.15) is 56.9 Å². The van der Waals surface area contributed by atoms with Crippen LogP contribution in [-0.4, -0.2) is 18.4 Å². The molecule has 1 aromatic rings. The largest absolute Gasteiger partial charge is 0.326 e. The summed E-state index contributed by atoms with van der Waals surface area (Å²) in [5, 5.41) is 3.07. The van der Waals surface area contributed by atoms with E-state index in [1.54, 1.807) is 0 Å². The molecule has 1 aromatic carbocycles. The number of carbonyl (C=O) groups is 2. The number of anilines is 2. The Bertz CT molecular complexity index is 643. The number of hydrogen-bond donors (Lipinski definition) is 1. The van der Waals surface area contributed by atoms with Gasteiger partial charge in [-0.25, -0.2) is 0 Å². The number of benzene rings is 1. The Balaban J connectivity index is 1.50. The van der Waals surface area contributed by atoms with Gasteiger partial charge in [-0.15, -0.1) is 0 Å². The van der Waals surface area contributed by atoms with Gasteiger partial charge in [0, 0.05) is 29.8 Å². The third-order valence-electron chi connectivity index (χ3n) is 5.94. The van der Waals surface area contributed by atoms with Gasteiger partial charge < -0.3 is 10.2 Å². The lowest BCUT2D eigenvalue weighted by Crippen LogP contribution is -2.33. The van der Waals surface area contributed by atoms with Gasteiger partial charge in [-0.1, -0.05) is 31.7 Å². The summed E-state index contributed by atoms with van der Waals surface area (Å²) in [6.45, 7) is 0.782. The molecule has 2 amide bonds. The van der Waals surface area contributed by atoms with Gasteiger partial charge in [0.25, 0.3) is 0 Å². The fourth-order valence-corrected chi connectivity index (χ4v) is 4.51. The average Bonchev–Trinajstić information content (AvgIpc) is 3.33. The molecule has 0 saturated heterocycles. The predicted octanol–water partition coefficient (Wildman–Crippen LogP) is 3.89. The quantitative estimate of drug-likeness (QED) is 0.916. The van der Waals surface area contributed by atoms with Gasteiger partial charge in [-0.05, 0) is 49.8 Å². The van der Waals surface area contributed by atoms with E-state index in [0.717, 1.165) is 62.9 Å². The molecule has 24 heavy (non-hydrogen) atoms. The van der Waals surface area contributed by atoms with Crippen molar-refractivity contribution >= 4 is 23.2 Å². The van der Waals surface area contributed by atoms with Gasteiger partial charge in [0.1, 0.15) is 0 Å². The Hall–Kier alpha value is -1.84. The highest BCUT2D eigenvalue weighted by atomic mass is 16.2. The van der Waals surface area contributed by atoms with Crippen LogP contribution in [0.25, 0.3) is 0 Å². The molecule has 2 saturated carbocycles. The summed E-state index contributed by atoms with van der Waals surface area (Å²) in [6.07, 6.45) is 9.66. The van der Waals surface area contributed by atoms with Crippen LogP contribution in [0, 0.1) is 11.8 Å². The first-order valence-electron chi connectivity index (χ1n) is 9.47. The second-order valence-electron chi connectivity index (χ2n) is 7.54. The molecule has 1 heterocycles. The maximum Gasteiger partial charge on any atom is 0.230 e. The summed E-state index contributed by atoms with van der Waals surface area (Å²) < 4.78 is 0. The molecule has 1 aliphatic heterocycles. The van der Waals surface area contributed by atoms with Crippen LogP contribution in [0.2, 0.25) is 0 Å². The number of nitrogens with one attached hydrogen (secondary N) is 1. The van der Waals surface area contributed by atoms with Crippen LogP contribution in [0.15, 0.2) is 18.2 Å². The number of amides is 2. The maximum absolute atomic E-state index is 12.8. The normalized spacial score (nSPS) is 21.2. The van der Waals surface area contributed by atoms with Crippen molar-refractivity contribution in [2.24, 2.45) is 11.8 Å². The Kier molecular flexibility index (Phi) is 4.30. The van der Waals surface area contributed by atoms with E-state index in [9.17, 15) is 9.59 Å². The lowest BCUT2D eigenvalue weighted by Gasteiger charge is -2.22. The number of hydrogen-bond acceptors (Lipinski definition) is 2. The Morgan fingerprint density at radius 2 is 1.62 bits per heavy atom. The van der Waals surface area contributed by atoms with Crippen molar-refractivity contribution in [3.63, 3.8) is 0 Å². The second kappa shape index (κ2) is 6.58. The minimum atomic E-state index is 0.138. The number of carbonyl (C=O) groups excluding carboxylic acids is 2. The van der Waals surface area contributed by atoms with Crippen molar-refractivity contribution in [2.45, 2.75) is 57.8 Å². The van der Waals surface area contributed by atoms with Crippen LogP contribution in [0.4, 0.5) is 11.4 Å². The standard InChI is InChI=1S/C20H26N2O2/c23-19(15-5-1-2-6-15)21-17-10-9-14-11-12-22(18(14)13-17)20(24)16-7-3-4-8-16/h9-10,13,15-16H,1-8,11-12H2,(H,21,23). The van der Waals surface area contributed by atoms with Gasteiger partial charge in [0.2, 0.25) is 11.8 Å². The molecule has 0 spiro atoms. The SMILES string of the molecule is O=C(Nc1ccc2c(c1)N(C(=O)C1CCCC1)CC2)C1CCCC1. The minimum Gasteiger partial charge on any atom is -0.326 e. The molecule has 3 aliphatic rings. The average molecular weight is 326 g/mol. The number of nitrogens with zero attached hydrogens (tertiary/aromatic N) is 1. The van der Waals surface area contributed by atoms with Gasteiger partial charge in [-0.3, -0.25) is 9.59 Å². The zero-order valence-corrected chi connectivity index (χ0v) is 14.2. The van der Waals surface area contributed by atoms with E-state index in [1.165, 1.54) is 18.4 Å². The molecule has 0 radical (unpaired) electrons. The van der Waals surface area contributed by atoms with E-state index in [2.05, 4.69) is 11.4 Å². The van der Waals surface area contributed by atoms with Crippen molar-refractivity contribution in [2.75, 3.05) is 16.8 Å². The monoisotopic (exact) mass is 326 g/mol. The fraction of sp³-hybridized carbons (Fsp3) is 0.600. The Morgan fingerprint density at radius 3 is 2.33 bits per heavy atom. The van der Waals surface area contributed by atoms with Crippen LogP contribution >= 0.6 is 0 Å². The third kappa shape index (κ3) is 2.94. The van der Waals surface area contributed by atoms with Gasteiger partial charge in [-0.2, -0.15) is 0 Å². The van der Waals surface area contributed by atoms with Gasteiger partial charge >= 0.3 is 0 Å². The molecule has 2 fully saturated rings. The molecule has 4 heteroatoms. The molecule has 0 unspecified atom stereocenters. The smallest absolute Gasteiger partial charge is 0.230 e. The summed E-state index contributed by atoms with van der Waals surface area (Å²) in [6, 6.07) is 6.05. The first kappa shape index (κ1) is 15.7.